The van der Waals surface area contributed by atoms with Crippen LogP contribution in [0, 0.1) is 13.8 Å². The minimum absolute atomic E-state index is 0.287. The Morgan fingerprint density at radius 3 is 0.976 bits per heavy atom. The highest BCUT2D eigenvalue weighted by molar-refractivity contribution is 5.94. The third-order valence-electron chi connectivity index (χ3n) is 13.0. The van der Waals surface area contributed by atoms with Crippen molar-refractivity contribution in [2.24, 2.45) is 0 Å². The quantitative estimate of drug-likeness (QED) is 0.0153. The molecule has 17 nitrogen and oxygen atoms in total. The Morgan fingerprint density at radius 2 is 0.647 bits per heavy atom. The van der Waals surface area contributed by atoms with E-state index in [4.69, 9.17) is 52.1 Å². The van der Waals surface area contributed by atoms with Gasteiger partial charge in [0, 0.05) is 12.2 Å². The molecule has 0 aliphatic rings. The van der Waals surface area contributed by atoms with Gasteiger partial charge in [0.1, 0.15) is 47.7 Å². The number of esters is 6. The van der Waals surface area contributed by atoms with Crippen LogP contribution in [0.15, 0.2) is 159 Å². The van der Waals surface area contributed by atoms with Gasteiger partial charge in [-0.2, -0.15) is 0 Å². The molecule has 0 aliphatic heterocycles. The summed E-state index contributed by atoms with van der Waals surface area (Å²) in [7, 11) is 0. The van der Waals surface area contributed by atoms with E-state index in [0.29, 0.717) is 111 Å². The van der Waals surface area contributed by atoms with Crippen LogP contribution in [0.3, 0.4) is 0 Å². The lowest BCUT2D eigenvalue weighted by Crippen LogP contribution is -2.14. The van der Waals surface area contributed by atoms with Crippen molar-refractivity contribution < 1.29 is 80.9 Å². The number of hydrogen-bond donors (Lipinski definition) is 0. The van der Waals surface area contributed by atoms with Gasteiger partial charge >= 0.3 is 35.8 Å². The average molecular weight is 1160 g/mol. The Labute approximate surface area is 496 Å². The van der Waals surface area contributed by atoms with Crippen LogP contribution in [0.1, 0.15) is 115 Å². The molecule has 0 bridgehead atoms. The van der Waals surface area contributed by atoms with E-state index in [1.54, 1.807) is 109 Å². The first-order chi connectivity index (χ1) is 41.4. The second-order valence-corrected chi connectivity index (χ2v) is 19.5. The van der Waals surface area contributed by atoms with E-state index >= 15 is 0 Å². The zero-order valence-electron chi connectivity index (χ0n) is 48.4. The number of ether oxygens (including phenoxy) is 11. The molecule has 0 unspecified atom stereocenters. The van der Waals surface area contributed by atoms with Gasteiger partial charge in [0.25, 0.3) is 0 Å². The lowest BCUT2D eigenvalue weighted by molar-refractivity contribution is -0.138. The third-order valence-corrected chi connectivity index (χ3v) is 13.0. The molecule has 0 amide bonds. The Balaban J connectivity index is 0.747. The van der Waals surface area contributed by atoms with Gasteiger partial charge in [0.05, 0.1) is 75.1 Å². The standard InChI is InChI=1S/C68H74O17/c1-5-63(69)80-37-13-9-7-11-15-51-17-35-61(49(3)47-51)67(73)84-59-31-27-57(28-32-59)82-65(71)53-19-23-55(24-20-53)78-45-43-76-41-39-75-40-42-77-44-46-79-56-25-21-54(22-26-56)66(72)83-58-29-33-60(34-30-58)85-68(74)62-36-18-52(48-50(62)4)16-12-8-10-14-38-81-64(70)6-2/h5-6,17-36,47-48H,1-2,7-16,37-46H2,3-4H3. The van der Waals surface area contributed by atoms with Crippen LogP contribution in [-0.4, -0.2) is 102 Å². The number of rotatable bonds is 38. The lowest BCUT2D eigenvalue weighted by Gasteiger charge is -2.10. The van der Waals surface area contributed by atoms with Gasteiger partial charge in [0.2, 0.25) is 0 Å². The van der Waals surface area contributed by atoms with Crippen molar-refractivity contribution >= 4 is 35.8 Å². The van der Waals surface area contributed by atoms with Crippen LogP contribution in [0.5, 0.6) is 34.5 Å². The SMILES string of the molecule is C=CC(=O)OCCCCCCc1ccc(C(=O)Oc2ccc(OC(=O)c3ccc(OCCOCCOCCOCCOc4ccc(C(=O)Oc5ccc(OC(=O)c6ccc(CCCCCCOC(=O)C=C)cc6C)cc5)cc4)cc3)cc2)c(C)c1. The highest BCUT2D eigenvalue weighted by atomic mass is 16.6. The van der Waals surface area contributed by atoms with Gasteiger partial charge in [-0.3, -0.25) is 0 Å². The molecular weight excluding hydrogens is 1090 g/mol. The van der Waals surface area contributed by atoms with E-state index in [9.17, 15) is 28.8 Å². The van der Waals surface area contributed by atoms with Crippen molar-refractivity contribution in [1.29, 1.82) is 0 Å². The van der Waals surface area contributed by atoms with Crippen LogP contribution < -0.4 is 28.4 Å². The number of unbranched alkanes of at least 4 members (excludes halogenated alkanes) is 6. The molecule has 6 aromatic carbocycles. The molecule has 0 aliphatic carbocycles. The van der Waals surface area contributed by atoms with Crippen LogP contribution >= 0.6 is 0 Å². The minimum atomic E-state index is -0.559. The predicted octanol–water partition coefficient (Wildman–Crippen LogP) is 12.4. The summed E-state index contributed by atoms with van der Waals surface area (Å²) in [5.41, 5.74) is 5.46. The van der Waals surface area contributed by atoms with Gasteiger partial charge in [-0.1, -0.05) is 63.1 Å². The molecule has 0 saturated carbocycles. The van der Waals surface area contributed by atoms with Gasteiger partial charge in [-0.05, 0) is 184 Å². The molecule has 0 heterocycles. The Hall–Kier alpha value is -8.90. The number of benzene rings is 6. The molecule has 0 spiro atoms. The van der Waals surface area contributed by atoms with Crippen molar-refractivity contribution in [2.45, 2.75) is 78.1 Å². The van der Waals surface area contributed by atoms with Gasteiger partial charge in [-0.25, -0.2) is 28.8 Å². The maximum Gasteiger partial charge on any atom is 0.343 e. The molecule has 6 rings (SSSR count). The largest absolute Gasteiger partial charge is 0.491 e. The van der Waals surface area contributed by atoms with E-state index in [2.05, 4.69) is 13.2 Å². The number of hydrogen-bond acceptors (Lipinski definition) is 17. The molecule has 0 aromatic heterocycles. The van der Waals surface area contributed by atoms with Gasteiger partial charge < -0.3 is 52.1 Å². The highest BCUT2D eigenvalue weighted by Gasteiger charge is 2.17. The molecule has 0 radical (unpaired) electrons. The molecule has 0 saturated heterocycles. The fourth-order valence-corrected chi connectivity index (χ4v) is 8.41. The second kappa shape index (κ2) is 36.6. The molecule has 0 N–H and O–H groups in total. The van der Waals surface area contributed by atoms with Gasteiger partial charge in [-0.15, -0.1) is 0 Å². The summed E-state index contributed by atoms with van der Waals surface area (Å²) in [4.78, 5) is 73.9. The Kier molecular flexibility index (Phi) is 28.1. The first kappa shape index (κ1) is 65.3. The van der Waals surface area contributed by atoms with E-state index in [0.717, 1.165) is 98.6 Å². The number of carbonyl (C=O) groups excluding carboxylic acids is 6. The monoisotopic (exact) mass is 1160 g/mol. The van der Waals surface area contributed by atoms with E-state index in [1.165, 1.54) is 0 Å². The molecule has 17 heteroatoms. The fraction of sp³-hybridized carbons (Fsp3) is 0.324. The number of aryl methyl sites for hydroxylation is 4. The zero-order chi connectivity index (χ0) is 60.4. The summed E-state index contributed by atoms with van der Waals surface area (Å²) in [5.74, 6) is -0.580. The van der Waals surface area contributed by atoms with E-state index in [-0.39, 0.29) is 11.5 Å². The molecule has 0 fully saturated rings. The molecule has 0 atom stereocenters. The smallest absolute Gasteiger partial charge is 0.343 e. The second-order valence-electron chi connectivity index (χ2n) is 19.5. The third kappa shape index (κ3) is 24.1. The van der Waals surface area contributed by atoms with Crippen LogP contribution in [-0.2, 0) is 46.1 Å². The normalized spacial score (nSPS) is 10.8. The van der Waals surface area contributed by atoms with Crippen molar-refractivity contribution in [2.75, 3.05) is 66.1 Å². The van der Waals surface area contributed by atoms with E-state index < -0.39 is 35.8 Å². The van der Waals surface area contributed by atoms with Crippen molar-refractivity contribution in [3.05, 3.63) is 203 Å². The van der Waals surface area contributed by atoms with Crippen LogP contribution in [0.25, 0.3) is 0 Å². The number of carbonyl (C=O) groups is 6. The summed E-state index contributed by atoms with van der Waals surface area (Å²) in [6, 6.07) is 37.0. The summed E-state index contributed by atoms with van der Waals surface area (Å²) in [6.45, 7) is 14.0. The van der Waals surface area contributed by atoms with Crippen molar-refractivity contribution in [3.8, 4) is 34.5 Å². The first-order valence-electron chi connectivity index (χ1n) is 28.4. The summed E-state index contributed by atoms with van der Waals surface area (Å²) >= 11 is 0. The lowest BCUT2D eigenvalue weighted by atomic mass is 10.0. The average Bonchev–Trinajstić information content (AvgIpc) is 3.70. The zero-order valence-corrected chi connectivity index (χ0v) is 48.4. The van der Waals surface area contributed by atoms with Crippen LogP contribution in [0.2, 0.25) is 0 Å². The van der Waals surface area contributed by atoms with Crippen molar-refractivity contribution in [3.63, 3.8) is 0 Å². The fourth-order valence-electron chi connectivity index (χ4n) is 8.41. The van der Waals surface area contributed by atoms with Gasteiger partial charge in [0.15, 0.2) is 0 Å². The Bertz CT molecular complexity index is 2890. The van der Waals surface area contributed by atoms with Crippen LogP contribution in [0.4, 0.5) is 0 Å². The summed E-state index contributed by atoms with van der Waals surface area (Å²) < 4.78 is 60.5. The molecule has 85 heavy (non-hydrogen) atoms. The first-order valence-corrected chi connectivity index (χ1v) is 28.4. The highest BCUT2D eigenvalue weighted by Crippen LogP contribution is 2.25. The maximum absolute atomic E-state index is 13.0. The molecule has 448 valence electrons. The summed E-state index contributed by atoms with van der Waals surface area (Å²) in [6.07, 6.45) is 11.5. The Morgan fingerprint density at radius 1 is 0.341 bits per heavy atom. The maximum atomic E-state index is 13.0. The minimum Gasteiger partial charge on any atom is -0.491 e. The predicted molar refractivity (Wildman–Crippen MR) is 318 cm³/mol. The topological polar surface area (TPSA) is 204 Å². The van der Waals surface area contributed by atoms with E-state index in [1.807, 2.05) is 38.1 Å². The molecule has 6 aromatic rings. The summed E-state index contributed by atoms with van der Waals surface area (Å²) in [5, 5.41) is 0. The molecular formula is C68H74O17. The van der Waals surface area contributed by atoms with Crippen molar-refractivity contribution in [1.82, 2.24) is 0 Å².